The topological polar surface area (TPSA) is 59.6 Å². The number of hydrogen-bond acceptors (Lipinski definition) is 3. The molecule has 1 aliphatic heterocycles. The van der Waals surface area contributed by atoms with E-state index in [1.165, 1.54) is 26.0 Å². The van der Waals surface area contributed by atoms with Crippen molar-refractivity contribution in [2.24, 2.45) is 5.92 Å². The third-order valence-corrected chi connectivity index (χ3v) is 4.82. The number of benzene rings is 1. The van der Waals surface area contributed by atoms with Crippen LogP contribution in [-0.4, -0.2) is 31.9 Å². The Labute approximate surface area is 141 Å². The van der Waals surface area contributed by atoms with Crippen LogP contribution in [-0.2, 0) is 4.74 Å². The molecule has 0 aromatic heterocycles. The maximum absolute atomic E-state index is 13.5. The van der Waals surface area contributed by atoms with Gasteiger partial charge in [-0.25, -0.2) is 9.18 Å². The normalized spacial score (nSPS) is 25.0. The van der Waals surface area contributed by atoms with Crippen LogP contribution in [0.25, 0.3) is 0 Å². The van der Waals surface area contributed by atoms with Crippen LogP contribution in [0.3, 0.4) is 0 Å². The van der Waals surface area contributed by atoms with Crippen LogP contribution in [0.2, 0.25) is 0 Å². The van der Waals surface area contributed by atoms with Gasteiger partial charge in [0.15, 0.2) is 11.6 Å². The molecule has 0 unspecified atom stereocenters. The molecule has 1 saturated heterocycles. The van der Waals surface area contributed by atoms with Crippen molar-refractivity contribution in [2.45, 2.75) is 50.8 Å². The molecule has 1 saturated carbocycles. The van der Waals surface area contributed by atoms with Crippen molar-refractivity contribution >= 4 is 6.03 Å². The minimum Gasteiger partial charge on any atom is -0.494 e. The maximum Gasteiger partial charge on any atom is 0.315 e. The number of hydrogen-bond donors (Lipinski definition) is 2. The number of ether oxygens (including phenoxy) is 2. The van der Waals surface area contributed by atoms with Crippen LogP contribution < -0.4 is 15.4 Å². The molecular weight excluding hydrogens is 311 g/mol. The predicted molar refractivity (Wildman–Crippen MR) is 88.5 cm³/mol. The second-order valence-electron chi connectivity index (χ2n) is 6.70. The van der Waals surface area contributed by atoms with E-state index in [2.05, 4.69) is 10.6 Å². The fourth-order valence-corrected chi connectivity index (χ4v) is 3.21. The highest BCUT2D eigenvalue weighted by molar-refractivity contribution is 5.74. The first-order valence-electron chi connectivity index (χ1n) is 8.59. The smallest absolute Gasteiger partial charge is 0.315 e. The van der Waals surface area contributed by atoms with Gasteiger partial charge in [0.2, 0.25) is 0 Å². The first-order valence-corrected chi connectivity index (χ1v) is 8.59. The molecule has 0 radical (unpaired) electrons. The Kier molecular flexibility index (Phi) is 5.23. The average Bonchev–Trinajstić information content (AvgIpc) is 3.40. The number of carbonyl (C=O) groups is 1. The van der Waals surface area contributed by atoms with Crippen LogP contribution in [0, 0.1) is 11.7 Å². The van der Waals surface area contributed by atoms with E-state index < -0.39 is 5.82 Å². The molecule has 3 atom stereocenters. The number of methoxy groups -OCH3 is 1. The van der Waals surface area contributed by atoms with E-state index in [1.54, 1.807) is 12.1 Å². The third kappa shape index (κ3) is 4.17. The summed E-state index contributed by atoms with van der Waals surface area (Å²) in [6.07, 6.45) is 4.51. The van der Waals surface area contributed by atoms with Gasteiger partial charge in [-0.15, -0.1) is 0 Å². The maximum atomic E-state index is 13.5. The minimum absolute atomic E-state index is 0.152. The van der Waals surface area contributed by atoms with Gasteiger partial charge in [0, 0.05) is 12.6 Å². The van der Waals surface area contributed by atoms with Gasteiger partial charge in [-0.1, -0.05) is 6.07 Å². The van der Waals surface area contributed by atoms with E-state index in [1.807, 2.05) is 6.92 Å². The second-order valence-corrected chi connectivity index (χ2v) is 6.70. The molecule has 2 amide bonds. The van der Waals surface area contributed by atoms with Crippen molar-refractivity contribution in [1.82, 2.24) is 10.6 Å². The van der Waals surface area contributed by atoms with E-state index >= 15 is 0 Å². The zero-order chi connectivity index (χ0) is 17.1. The highest BCUT2D eigenvalue weighted by atomic mass is 19.1. The lowest BCUT2D eigenvalue weighted by Gasteiger charge is -2.30. The van der Waals surface area contributed by atoms with E-state index in [4.69, 9.17) is 9.47 Å². The Morgan fingerprint density at radius 2 is 2.17 bits per heavy atom. The lowest BCUT2D eigenvalue weighted by Crippen LogP contribution is -2.47. The second kappa shape index (κ2) is 7.38. The third-order valence-electron chi connectivity index (χ3n) is 4.82. The fourth-order valence-electron chi connectivity index (χ4n) is 3.21. The summed E-state index contributed by atoms with van der Waals surface area (Å²) in [6, 6.07) is 4.33. The van der Waals surface area contributed by atoms with Crippen molar-refractivity contribution in [2.75, 3.05) is 13.7 Å². The van der Waals surface area contributed by atoms with Crippen molar-refractivity contribution in [1.29, 1.82) is 0 Å². The first kappa shape index (κ1) is 17.0. The Hall–Kier alpha value is -1.82. The first-order chi connectivity index (χ1) is 11.6. The lowest BCUT2D eigenvalue weighted by atomic mass is 10.0. The van der Waals surface area contributed by atoms with E-state index in [0.29, 0.717) is 18.6 Å². The molecule has 0 bridgehead atoms. The summed E-state index contributed by atoms with van der Waals surface area (Å²) in [7, 11) is 1.43. The van der Waals surface area contributed by atoms with Crippen molar-refractivity contribution in [3.8, 4) is 5.75 Å². The summed E-state index contributed by atoms with van der Waals surface area (Å²) in [6.45, 7) is 2.57. The molecule has 1 aromatic carbocycles. The van der Waals surface area contributed by atoms with Crippen molar-refractivity contribution in [3.05, 3.63) is 29.6 Å². The minimum atomic E-state index is -0.411. The molecule has 1 heterocycles. The van der Waals surface area contributed by atoms with Crippen molar-refractivity contribution < 1.29 is 18.7 Å². The standard InChI is InChI=1S/C18H25FN2O3/c1-11(13-5-6-15(19)17(9-13)23-2)20-18(22)21-14-7-8-24-16(10-14)12-3-4-12/h5-6,9,11-12,14,16H,3-4,7-8,10H2,1-2H3,(H2,20,21,22)/t11-,14-,16-/m0/s1. The van der Waals surface area contributed by atoms with Gasteiger partial charge in [0.05, 0.1) is 19.3 Å². The number of nitrogens with one attached hydrogen (secondary N) is 2. The Balaban J connectivity index is 1.52. The molecule has 1 aliphatic carbocycles. The number of urea groups is 1. The van der Waals surface area contributed by atoms with E-state index in [9.17, 15) is 9.18 Å². The van der Waals surface area contributed by atoms with Gasteiger partial charge in [-0.05, 0) is 56.2 Å². The molecule has 6 heteroatoms. The highest BCUT2D eigenvalue weighted by Crippen LogP contribution is 2.38. The van der Waals surface area contributed by atoms with Crippen LogP contribution in [0.1, 0.15) is 44.2 Å². The summed E-state index contributed by atoms with van der Waals surface area (Å²) in [4.78, 5) is 12.2. The SMILES string of the molecule is COc1cc([C@H](C)NC(=O)N[C@H]2CCO[C@H](C3CC3)C2)ccc1F. The van der Waals surface area contributed by atoms with E-state index in [0.717, 1.165) is 18.4 Å². The largest absolute Gasteiger partial charge is 0.494 e. The summed E-state index contributed by atoms with van der Waals surface area (Å²) in [5.41, 5.74) is 0.797. The molecule has 2 fully saturated rings. The molecule has 24 heavy (non-hydrogen) atoms. The summed E-state index contributed by atoms with van der Waals surface area (Å²) in [5, 5.41) is 5.94. The van der Waals surface area contributed by atoms with Gasteiger partial charge in [0.25, 0.3) is 0 Å². The van der Waals surface area contributed by atoms with E-state index in [-0.39, 0.29) is 23.9 Å². The number of halogens is 1. The monoisotopic (exact) mass is 336 g/mol. The number of carbonyl (C=O) groups excluding carboxylic acids is 1. The number of rotatable bonds is 5. The van der Waals surface area contributed by atoms with Crippen LogP contribution in [0.4, 0.5) is 9.18 Å². The molecule has 132 valence electrons. The summed E-state index contributed by atoms with van der Waals surface area (Å²) < 4.78 is 24.2. The fraction of sp³-hybridized carbons (Fsp3) is 0.611. The zero-order valence-electron chi connectivity index (χ0n) is 14.2. The van der Waals surface area contributed by atoms with Gasteiger partial charge in [-0.3, -0.25) is 0 Å². The highest BCUT2D eigenvalue weighted by Gasteiger charge is 2.36. The quantitative estimate of drug-likeness (QED) is 0.868. The molecule has 0 spiro atoms. The molecule has 1 aromatic rings. The van der Waals surface area contributed by atoms with Gasteiger partial charge in [-0.2, -0.15) is 0 Å². The Bertz CT molecular complexity index is 592. The molecule has 2 aliphatic rings. The van der Waals surface area contributed by atoms with Crippen LogP contribution in [0.5, 0.6) is 5.75 Å². The van der Waals surface area contributed by atoms with Gasteiger partial charge in [0.1, 0.15) is 0 Å². The van der Waals surface area contributed by atoms with Gasteiger partial charge < -0.3 is 20.1 Å². The zero-order valence-corrected chi connectivity index (χ0v) is 14.2. The lowest BCUT2D eigenvalue weighted by molar-refractivity contribution is -0.00917. The Morgan fingerprint density at radius 1 is 1.38 bits per heavy atom. The summed E-state index contributed by atoms with van der Waals surface area (Å²) >= 11 is 0. The Morgan fingerprint density at radius 3 is 2.88 bits per heavy atom. The van der Waals surface area contributed by atoms with Crippen molar-refractivity contribution in [3.63, 3.8) is 0 Å². The molecule has 2 N–H and O–H groups in total. The van der Waals surface area contributed by atoms with Gasteiger partial charge >= 0.3 is 6.03 Å². The molecule has 5 nitrogen and oxygen atoms in total. The van der Waals surface area contributed by atoms with Crippen LogP contribution >= 0.6 is 0 Å². The number of amides is 2. The van der Waals surface area contributed by atoms with Crippen LogP contribution in [0.15, 0.2) is 18.2 Å². The predicted octanol–water partition coefficient (Wildman–Crippen LogP) is 3.15. The molecular formula is C18H25FN2O3. The average molecular weight is 336 g/mol. The summed E-state index contributed by atoms with van der Waals surface area (Å²) in [5.74, 6) is 0.452. The molecule has 3 rings (SSSR count).